The number of oxazole rings is 1. The first kappa shape index (κ1) is 55.9. The number of carbonyl (C=O) groups excluding carboxylic acids is 5. The van der Waals surface area contributed by atoms with E-state index in [2.05, 4.69) is 4.98 Å². The molecule has 2 aromatic carbocycles. The zero-order valence-electron chi connectivity index (χ0n) is 28.5. The summed E-state index contributed by atoms with van der Waals surface area (Å²) >= 11 is 0. The molecule has 4 aromatic rings. The second-order valence-electron chi connectivity index (χ2n) is 9.39. The number of nitrogens with zero attached hydrogens (tertiary/aromatic N) is 3. The molecule has 4 rings (SSSR count). The number of benzene rings is 2. The molecule has 0 aliphatic rings. The first-order valence-electron chi connectivity index (χ1n) is 13.0. The smallest absolute Gasteiger partial charge is 0.548 e. The van der Waals surface area contributed by atoms with Gasteiger partial charge in [-0.3, -0.25) is 0 Å². The SMILES string of the molecule is O=C([O-])CN(CC(=O)[O-])c1cc2oc(-c3ncc(C(=O)[O-])o3)cc2cc1OCCOc1c(N(CC(=O)[O-])CC(=O)[O-])ccc(F)c1F.[K+].[K+].[K+].[K+].[K+]. The van der Waals surface area contributed by atoms with Gasteiger partial charge in [0.15, 0.2) is 23.1 Å². The van der Waals surface area contributed by atoms with Gasteiger partial charge >= 0.3 is 257 Å². The van der Waals surface area contributed by atoms with Crippen molar-refractivity contribution in [2.24, 2.45) is 0 Å². The molecule has 0 aliphatic heterocycles. The first-order valence-corrected chi connectivity index (χ1v) is 13.0. The Morgan fingerprint density at radius 2 is 1.21 bits per heavy atom. The van der Waals surface area contributed by atoms with E-state index in [0.717, 1.165) is 17.2 Å². The summed E-state index contributed by atoms with van der Waals surface area (Å²) in [5.74, 6) is -13.6. The van der Waals surface area contributed by atoms with Crippen molar-refractivity contribution in [1.82, 2.24) is 4.98 Å². The topological polar surface area (TPSA) is 265 Å². The second kappa shape index (κ2) is 26.7. The third-order valence-electron chi connectivity index (χ3n) is 6.09. The first-order chi connectivity index (χ1) is 22.2. The van der Waals surface area contributed by atoms with Crippen molar-refractivity contribution < 1.29 is 334 Å². The zero-order chi connectivity index (χ0) is 34.4. The fraction of sp³-hybridized carbons (Fsp3) is 0.214. The van der Waals surface area contributed by atoms with Crippen LogP contribution < -0.4 is 302 Å². The monoisotopic (exact) mass is 853 g/mol. The Morgan fingerprint density at radius 3 is 1.71 bits per heavy atom. The number of anilines is 2. The molecule has 2 heterocycles. The number of rotatable bonds is 17. The Kier molecular flexibility index (Phi) is 28.7. The molecule has 0 aliphatic carbocycles. The number of aromatic nitrogens is 1. The van der Waals surface area contributed by atoms with Gasteiger partial charge in [0.2, 0.25) is 5.82 Å². The number of hydrogen-bond donors (Lipinski definition) is 0. The molecular formula is C28H18F2K5N3O14. The Hall–Kier alpha value is 1.78. The summed E-state index contributed by atoms with van der Waals surface area (Å²) in [4.78, 5) is 61.3. The van der Waals surface area contributed by atoms with E-state index in [1.165, 1.54) is 18.2 Å². The minimum atomic E-state index is -1.75. The van der Waals surface area contributed by atoms with Crippen molar-refractivity contribution in [3.63, 3.8) is 0 Å². The number of fused-ring (bicyclic) bond motifs is 1. The van der Waals surface area contributed by atoms with Crippen LogP contribution in [-0.4, -0.2) is 74.2 Å². The van der Waals surface area contributed by atoms with Gasteiger partial charge in [-0.05, 0) is 24.3 Å². The van der Waals surface area contributed by atoms with Crippen LogP contribution in [0.15, 0.2) is 45.4 Å². The molecule has 0 bridgehead atoms. The fourth-order valence-corrected chi connectivity index (χ4v) is 4.29. The predicted octanol–water partition coefficient (Wildman–Crippen LogP) is -19.2. The van der Waals surface area contributed by atoms with E-state index < -0.39 is 98.1 Å². The van der Waals surface area contributed by atoms with Crippen molar-refractivity contribution in [2.75, 3.05) is 49.2 Å². The zero-order valence-corrected chi connectivity index (χ0v) is 44.1. The summed E-state index contributed by atoms with van der Waals surface area (Å²) in [7, 11) is 0. The van der Waals surface area contributed by atoms with Crippen LogP contribution in [0.4, 0.5) is 20.2 Å². The maximum Gasteiger partial charge on any atom is 1.00 e. The number of ether oxygens (including phenoxy) is 2. The minimum Gasteiger partial charge on any atom is -0.548 e. The van der Waals surface area contributed by atoms with Gasteiger partial charge in [0.1, 0.15) is 30.5 Å². The Labute approximate surface area is 505 Å². The molecule has 248 valence electrons. The molecule has 0 spiro atoms. The van der Waals surface area contributed by atoms with Gasteiger partial charge in [0.25, 0.3) is 5.89 Å². The maximum atomic E-state index is 14.7. The molecule has 0 atom stereocenters. The van der Waals surface area contributed by atoms with E-state index in [9.17, 15) is 58.3 Å². The van der Waals surface area contributed by atoms with E-state index in [0.29, 0.717) is 11.0 Å². The summed E-state index contributed by atoms with van der Waals surface area (Å²) in [5, 5.41) is 56.4. The average Bonchev–Trinajstić information content (AvgIpc) is 3.63. The van der Waals surface area contributed by atoms with Gasteiger partial charge in [0, 0.05) is 11.5 Å². The number of carboxylic acid groups (broad SMARTS) is 5. The Balaban J connectivity index is 0. The van der Waals surface area contributed by atoms with Crippen LogP contribution in [-0.2, 0) is 19.2 Å². The molecule has 24 heteroatoms. The van der Waals surface area contributed by atoms with Gasteiger partial charge < -0.3 is 77.6 Å². The fourth-order valence-electron chi connectivity index (χ4n) is 4.29. The largest absolute Gasteiger partial charge is 1.00 e. The van der Waals surface area contributed by atoms with Crippen LogP contribution in [0.3, 0.4) is 0 Å². The number of furan rings is 1. The van der Waals surface area contributed by atoms with Crippen LogP contribution >= 0.6 is 0 Å². The van der Waals surface area contributed by atoms with Gasteiger partial charge in [-0.15, -0.1) is 0 Å². The summed E-state index contributed by atoms with van der Waals surface area (Å²) in [6.45, 7) is -5.21. The molecule has 0 N–H and O–H groups in total. The van der Waals surface area contributed by atoms with Crippen molar-refractivity contribution >= 4 is 52.2 Å². The maximum absolute atomic E-state index is 14.7. The van der Waals surface area contributed by atoms with Crippen LogP contribution in [0.5, 0.6) is 11.5 Å². The molecule has 2 aromatic heterocycles. The van der Waals surface area contributed by atoms with E-state index in [-0.39, 0.29) is 291 Å². The quantitative estimate of drug-likeness (QED) is 0.0705. The molecule has 52 heavy (non-hydrogen) atoms. The predicted molar refractivity (Wildman–Crippen MR) is 138 cm³/mol. The van der Waals surface area contributed by atoms with Crippen molar-refractivity contribution in [3.8, 4) is 23.1 Å². The molecular weight excluding hydrogens is 836 g/mol. The summed E-state index contributed by atoms with van der Waals surface area (Å²) < 4.78 is 50.4. The Bertz CT molecular complexity index is 1840. The molecule has 0 saturated heterocycles. The van der Waals surface area contributed by atoms with Crippen molar-refractivity contribution in [1.29, 1.82) is 0 Å². The van der Waals surface area contributed by atoms with Gasteiger partial charge in [-0.2, -0.15) is 4.39 Å². The second-order valence-corrected chi connectivity index (χ2v) is 9.39. The number of halogens is 2. The van der Waals surface area contributed by atoms with Gasteiger partial charge in [-0.25, -0.2) is 9.37 Å². The molecule has 0 radical (unpaired) electrons. The van der Waals surface area contributed by atoms with Crippen LogP contribution in [0, 0.1) is 11.6 Å². The van der Waals surface area contributed by atoms with Crippen molar-refractivity contribution in [2.45, 2.75) is 0 Å². The molecule has 17 nitrogen and oxygen atoms in total. The number of aliphatic carboxylic acids is 4. The van der Waals surface area contributed by atoms with E-state index in [1.807, 2.05) is 0 Å². The van der Waals surface area contributed by atoms with Gasteiger partial charge in [0.05, 0.1) is 67.6 Å². The van der Waals surface area contributed by atoms with Gasteiger partial charge in [-0.1, -0.05) is 0 Å². The minimum absolute atomic E-state index is 0. The number of carbonyl (C=O) groups is 5. The van der Waals surface area contributed by atoms with E-state index >= 15 is 0 Å². The summed E-state index contributed by atoms with van der Waals surface area (Å²) in [5.41, 5.74) is -0.671. The third kappa shape index (κ3) is 16.2. The molecule has 0 saturated carbocycles. The van der Waals surface area contributed by atoms with Crippen LogP contribution in [0.2, 0.25) is 0 Å². The van der Waals surface area contributed by atoms with Crippen LogP contribution in [0.1, 0.15) is 10.6 Å². The molecule has 0 amide bonds. The van der Waals surface area contributed by atoms with E-state index in [4.69, 9.17) is 18.3 Å². The van der Waals surface area contributed by atoms with E-state index in [1.54, 1.807) is 0 Å². The van der Waals surface area contributed by atoms with Crippen molar-refractivity contribution in [3.05, 3.63) is 53.9 Å². The molecule has 0 fully saturated rings. The Morgan fingerprint density at radius 1 is 0.692 bits per heavy atom. The summed E-state index contributed by atoms with van der Waals surface area (Å²) in [6, 6.07) is 5.23. The standard InChI is InChI=1S/C28H23F2N3O14.5K/c29-14-1-2-15(32(9-21(34)35)10-22(36)37)26(25(14)30)45-4-3-44-18-5-13-6-19(27-31-8-20(47-27)28(42)43)46-17(13)7-16(18)33(11-23(38)39)12-24(40)41;;;;;/h1-2,5-8H,3-4,9-12H2,(H,34,35)(H,36,37)(H,38,39)(H,40,41)(H,42,43);;;;;/q;5*+1/p-5. The number of aromatic carboxylic acids is 1. The number of carboxylic acids is 5. The number of hydrogen-bond acceptors (Lipinski definition) is 17. The summed E-state index contributed by atoms with van der Waals surface area (Å²) in [6.07, 6.45) is 0.864. The molecule has 0 unspecified atom stereocenters. The average molecular weight is 854 g/mol. The van der Waals surface area contributed by atoms with Crippen LogP contribution in [0.25, 0.3) is 22.6 Å². The normalized spacial score (nSPS) is 9.81. The third-order valence-corrected chi connectivity index (χ3v) is 6.09.